The molecule has 1 aliphatic rings. The van der Waals surface area contributed by atoms with Crippen LogP contribution in [-0.4, -0.2) is 4.57 Å². The molecule has 0 saturated carbocycles. The Balaban J connectivity index is 1.11. The lowest BCUT2D eigenvalue weighted by atomic mass is 9.66. The van der Waals surface area contributed by atoms with Crippen LogP contribution in [0.5, 0.6) is 0 Å². The molecule has 2 unspecified atom stereocenters. The average molecular weight is 524 g/mol. The largest absolute Gasteiger partial charge is 0.309 e. The Morgan fingerprint density at radius 2 is 0.902 bits per heavy atom. The third kappa shape index (κ3) is 4.01. The van der Waals surface area contributed by atoms with E-state index in [0.717, 1.165) is 0 Å². The van der Waals surface area contributed by atoms with E-state index in [1.807, 2.05) is 0 Å². The van der Waals surface area contributed by atoms with Gasteiger partial charge >= 0.3 is 0 Å². The molecule has 1 heteroatoms. The van der Waals surface area contributed by atoms with Crippen molar-refractivity contribution >= 4 is 27.4 Å². The fraction of sp³-hybridized carbons (Fsp3) is 0.0500. The van der Waals surface area contributed by atoms with Crippen LogP contribution in [0.2, 0.25) is 0 Å². The summed E-state index contributed by atoms with van der Waals surface area (Å²) < 4.78 is 2.37. The SMILES string of the molecule is C1=C(c2ccccc2)C(c2ccccc2)C1c1ccc(-c2ccc(-n3c4ccccc4c4ccccc43)cc2)cc1. The molecule has 0 radical (unpaired) electrons. The zero-order valence-electron chi connectivity index (χ0n) is 22.7. The van der Waals surface area contributed by atoms with Gasteiger partial charge in [0.15, 0.2) is 0 Å². The number of allylic oxidation sites excluding steroid dienone is 2. The first-order valence-corrected chi connectivity index (χ1v) is 14.4. The van der Waals surface area contributed by atoms with Crippen molar-refractivity contribution in [2.75, 3.05) is 0 Å². The minimum atomic E-state index is 0.370. The first kappa shape index (κ1) is 23.7. The Bertz CT molecular complexity index is 1960. The molecule has 2 atom stereocenters. The van der Waals surface area contributed by atoms with Crippen molar-refractivity contribution in [3.63, 3.8) is 0 Å². The van der Waals surface area contributed by atoms with Crippen molar-refractivity contribution in [2.24, 2.45) is 0 Å². The molecule has 0 aliphatic heterocycles. The van der Waals surface area contributed by atoms with E-state index in [2.05, 4.69) is 168 Å². The zero-order valence-corrected chi connectivity index (χ0v) is 22.7. The predicted octanol–water partition coefficient (Wildman–Crippen LogP) is 10.4. The summed E-state index contributed by atoms with van der Waals surface area (Å²) in [5.41, 5.74) is 11.6. The number of nitrogens with zero attached hydrogens (tertiary/aromatic N) is 1. The second kappa shape index (κ2) is 9.80. The lowest BCUT2D eigenvalue weighted by Gasteiger charge is -2.37. The van der Waals surface area contributed by atoms with Crippen LogP contribution in [0.3, 0.4) is 0 Å². The van der Waals surface area contributed by atoms with Gasteiger partial charge in [-0.1, -0.05) is 140 Å². The molecular formula is C40H29N. The van der Waals surface area contributed by atoms with Crippen LogP contribution in [-0.2, 0) is 0 Å². The molecule has 0 N–H and O–H groups in total. The number of aromatic nitrogens is 1. The molecule has 1 heterocycles. The van der Waals surface area contributed by atoms with Crippen LogP contribution in [0.25, 0.3) is 44.2 Å². The molecule has 1 aliphatic carbocycles. The quantitative estimate of drug-likeness (QED) is 0.211. The lowest BCUT2D eigenvalue weighted by molar-refractivity contribution is 0.698. The second-order valence-corrected chi connectivity index (χ2v) is 10.9. The van der Waals surface area contributed by atoms with E-state index in [-0.39, 0.29) is 0 Å². The summed E-state index contributed by atoms with van der Waals surface area (Å²) >= 11 is 0. The van der Waals surface area contributed by atoms with Gasteiger partial charge in [0.25, 0.3) is 0 Å². The average Bonchev–Trinajstić information content (AvgIpc) is 3.37. The number of hydrogen-bond acceptors (Lipinski definition) is 0. The van der Waals surface area contributed by atoms with Crippen molar-refractivity contribution in [3.8, 4) is 16.8 Å². The number of fused-ring (bicyclic) bond motifs is 3. The molecule has 0 spiro atoms. The van der Waals surface area contributed by atoms with E-state index in [1.165, 1.54) is 60.9 Å². The summed E-state index contributed by atoms with van der Waals surface area (Å²) in [6, 6.07) is 57.2. The van der Waals surface area contributed by atoms with Gasteiger partial charge in [0, 0.05) is 28.3 Å². The highest BCUT2D eigenvalue weighted by Crippen LogP contribution is 2.52. The molecule has 1 aromatic heterocycles. The lowest BCUT2D eigenvalue weighted by Crippen LogP contribution is -2.20. The third-order valence-electron chi connectivity index (χ3n) is 8.65. The topological polar surface area (TPSA) is 4.93 Å². The summed E-state index contributed by atoms with van der Waals surface area (Å²) in [5.74, 6) is 0.745. The minimum absolute atomic E-state index is 0.370. The standard InChI is InChI=1S/C40H29N/c1-3-11-30(12-4-1)36-27-37(40(36)32-13-5-2-6-14-32)31-21-19-28(20-22-31)29-23-25-33(26-24-29)41-38-17-9-7-15-34(38)35-16-8-10-18-39(35)41/h1-27,37,40H. The molecule has 7 aromatic rings. The first-order chi connectivity index (χ1) is 20.3. The van der Waals surface area contributed by atoms with E-state index in [9.17, 15) is 0 Å². The summed E-state index contributed by atoms with van der Waals surface area (Å²) in [7, 11) is 0. The monoisotopic (exact) mass is 523 g/mol. The Labute approximate surface area is 240 Å². The van der Waals surface area contributed by atoms with E-state index in [1.54, 1.807) is 0 Å². The van der Waals surface area contributed by atoms with Crippen molar-refractivity contribution < 1.29 is 0 Å². The Morgan fingerprint density at radius 3 is 1.51 bits per heavy atom. The molecular weight excluding hydrogens is 494 g/mol. The van der Waals surface area contributed by atoms with Gasteiger partial charge in [0.1, 0.15) is 0 Å². The molecule has 0 bridgehead atoms. The van der Waals surface area contributed by atoms with E-state index in [4.69, 9.17) is 0 Å². The maximum absolute atomic E-state index is 2.45. The van der Waals surface area contributed by atoms with Gasteiger partial charge in [-0.25, -0.2) is 0 Å². The highest BCUT2D eigenvalue weighted by molar-refractivity contribution is 6.09. The summed E-state index contributed by atoms with van der Waals surface area (Å²) in [4.78, 5) is 0. The van der Waals surface area contributed by atoms with Crippen LogP contribution < -0.4 is 0 Å². The molecule has 0 fully saturated rings. The highest BCUT2D eigenvalue weighted by atomic mass is 15.0. The van der Waals surface area contributed by atoms with E-state index < -0.39 is 0 Å². The van der Waals surface area contributed by atoms with Crippen LogP contribution in [0.1, 0.15) is 28.5 Å². The fourth-order valence-corrected chi connectivity index (χ4v) is 6.61. The predicted molar refractivity (Wildman–Crippen MR) is 173 cm³/mol. The summed E-state index contributed by atoms with van der Waals surface area (Å²) in [5, 5.41) is 2.58. The zero-order chi connectivity index (χ0) is 27.2. The Hall–Kier alpha value is -5.14. The van der Waals surface area contributed by atoms with Crippen molar-refractivity contribution in [1.82, 2.24) is 4.57 Å². The molecule has 8 rings (SSSR count). The Kier molecular flexibility index (Phi) is 5.67. The molecule has 6 aromatic carbocycles. The van der Waals surface area contributed by atoms with Crippen molar-refractivity contribution in [2.45, 2.75) is 11.8 Å². The maximum atomic E-state index is 2.45. The molecule has 194 valence electrons. The molecule has 41 heavy (non-hydrogen) atoms. The van der Waals surface area contributed by atoms with Gasteiger partial charge in [-0.15, -0.1) is 0 Å². The normalized spacial score (nSPS) is 16.4. The van der Waals surface area contributed by atoms with Gasteiger partial charge < -0.3 is 4.57 Å². The van der Waals surface area contributed by atoms with Crippen LogP contribution in [0.15, 0.2) is 164 Å². The van der Waals surface area contributed by atoms with Gasteiger partial charge in [-0.05, 0) is 57.7 Å². The maximum Gasteiger partial charge on any atom is 0.0541 e. The minimum Gasteiger partial charge on any atom is -0.309 e. The van der Waals surface area contributed by atoms with Gasteiger partial charge in [0.2, 0.25) is 0 Å². The highest BCUT2D eigenvalue weighted by Gasteiger charge is 2.35. The smallest absolute Gasteiger partial charge is 0.0541 e. The Morgan fingerprint density at radius 1 is 0.390 bits per heavy atom. The summed E-state index contributed by atoms with van der Waals surface area (Å²) in [6.45, 7) is 0. The molecule has 1 nitrogen and oxygen atoms in total. The number of benzene rings is 6. The van der Waals surface area contributed by atoms with Crippen molar-refractivity contribution in [1.29, 1.82) is 0 Å². The van der Waals surface area contributed by atoms with E-state index >= 15 is 0 Å². The van der Waals surface area contributed by atoms with Crippen LogP contribution in [0, 0.1) is 0 Å². The fourth-order valence-electron chi connectivity index (χ4n) is 6.61. The first-order valence-electron chi connectivity index (χ1n) is 14.4. The van der Waals surface area contributed by atoms with Gasteiger partial charge in [-0.3, -0.25) is 0 Å². The van der Waals surface area contributed by atoms with Crippen LogP contribution >= 0.6 is 0 Å². The molecule has 0 saturated heterocycles. The summed E-state index contributed by atoms with van der Waals surface area (Å²) in [6.07, 6.45) is 2.45. The number of para-hydroxylation sites is 2. The molecule has 0 amide bonds. The number of hydrogen-bond donors (Lipinski definition) is 0. The van der Waals surface area contributed by atoms with E-state index in [0.29, 0.717) is 11.8 Å². The van der Waals surface area contributed by atoms with Crippen molar-refractivity contribution in [3.05, 3.63) is 180 Å². The number of rotatable bonds is 5. The van der Waals surface area contributed by atoms with Gasteiger partial charge in [-0.2, -0.15) is 0 Å². The second-order valence-electron chi connectivity index (χ2n) is 10.9. The van der Waals surface area contributed by atoms with Crippen LogP contribution in [0.4, 0.5) is 0 Å². The third-order valence-corrected chi connectivity index (χ3v) is 8.65. The van der Waals surface area contributed by atoms with Gasteiger partial charge in [0.05, 0.1) is 11.0 Å².